The maximum atomic E-state index is 11.8. The number of nitrogens with zero attached hydrogens (tertiary/aromatic N) is 2. The summed E-state index contributed by atoms with van der Waals surface area (Å²) < 4.78 is 1.54. The summed E-state index contributed by atoms with van der Waals surface area (Å²) in [6, 6.07) is 7.12. The first-order chi connectivity index (χ1) is 8.20. The van der Waals surface area contributed by atoms with E-state index in [0.717, 1.165) is 11.4 Å². The lowest BCUT2D eigenvalue weighted by atomic mass is 10.4. The molecule has 0 spiro atoms. The molecule has 2 N–H and O–H groups in total. The molecule has 0 amide bonds. The van der Waals surface area contributed by atoms with E-state index >= 15 is 0 Å². The lowest BCUT2D eigenvalue weighted by Crippen LogP contribution is -2.16. The Hall–Kier alpha value is -1.33. The Morgan fingerprint density at radius 3 is 3.12 bits per heavy atom. The molecule has 0 bridgehead atoms. The van der Waals surface area contributed by atoms with Crippen LogP contribution in [0.25, 0.3) is 5.65 Å². The van der Waals surface area contributed by atoms with Crippen molar-refractivity contribution in [1.82, 2.24) is 9.38 Å². The van der Waals surface area contributed by atoms with E-state index in [0.29, 0.717) is 17.4 Å². The molecule has 2 rings (SSSR count). The minimum atomic E-state index is -0.0356. The van der Waals surface area contributed by atoms with Crippen molar-refractivity contribution in [3.8, 4) is 0 Å². The van der Waals surface area contributed by atoms with Gasteiger partial charge in [0, 0.05) is 29.8 Å². The Labute approximate surface area is 104 Å². The molecule has 1 unspecified atom stereocenters. The SMILES string of the molecule is CC(CN)SCc1cc(=O)n2ccccc2n1. The predicted molar refractivity (Wildman–Crippen MR) is 71.3 cm³/mol. The van der Waals surface area contributed by atoms with Crippen molar-refractivity contribution in [2.24, 2.45) is 5.73 Å². The van der Waals surface area contributed by atoms with Crippen LogP contribution in [0.5, 0.6) is 0 Å². The molecule has 90 valence electrons. The molecule has 2 aromatic heterocycles. The monoisotopic (exact) mass is 249 g/mol. The van der Waals surface area contributed by atoms with E-state index in [2.05, 4.69) is 11.9 Å². The van der Waals surface area contributed by atoms with Crippen LogP contribution in [0.4, 0.5) is 0 Å². The number of aromatic nitrogens is 2. The lowest BCUT2D eigenvalue weighted by Gasteiger charge is -2.08. The fourth-order valence-corrected chi connectivity index (χ4v) is 2.21. The first kappa shape index (κ1) is 12.1. The molecule has 0 aromatic carbocycles. The molecule has 4 nitrogen and oxygen atoms in total. The summed E-state index contributed by atoms with van der Waals surface area (Å²) >= 11 is 1.71. The summed E-state index contributed by atoms with van der Waals surface area (Å²) in [5.41, 5.74) is 7.02. The topological polar surface area (TPSA) is 60.4 Å². The van der Waals surface area contributed by atoms with Gasteiger partial charge in [-0.2, -0.15) is 11.8 Å². The second-order valence-electron chi connectivity index (χ2n) is 3.87. The van der Waals surface area contributed by atoms with Gasteiger partial charge < -0.3 is 5.73 Å². The van der Waals surface area contributed by atoms with Gasteiger partial charge in [0.25, 0.3) is 5.56 Å². The fourth-order valence-electron chi connectivity index (χ4n) is 1.47. The third-order valence-corrected chi connectivity index (χ3v) is 3.70. The molecule has 0 radical (unpaired) electrons. The maximum Gasteiger partial charge on any atom is 0.258 e. The summed E-state index contributed by atoms with van der Waals surface area (Å²) in [4.78, 5) is 16.2. The highest BCUT2D eigenvalue weighted by Gasteiger charge is 2.04. The number of hydrogen-bond acceptors (Lipinski definition) is 4. The zero-order chi connectivity index (χ0) is 12.3. The summed E-state index contributed by atoms with van der Waals surface area (Å²) in [5.74, 6) is 0.721. The first-order valence-corrected chi connectivity index (χ1v) is 6.54. The highest BCUT2D eigenvalue weighted by atomic mass is 32.2. The second kappa shape index (κ2) is 5.33. The molecule has 0 aliphatic heterocycles. The molecular formula is C12H15N3OS. The van der Waals surface area contributed by atoms with Gasteiger partial charge in [0.2, 0.25) is 0 Å². The summed E-state index contributed by atoms with van der Waals surface area (Å²) in [6.45, 7) is 2.70. The largest absolute Gasteiger partial charge is 0.329 e. The highest BCUT2D eigenvalue weighted by Crippen LogP contribution is 2.14. The summed E-state index contributed by atoms with van der Waals surface area (Å²) in [5, 5.41) is 0.381. The molecule has 0 fully saturated rings. The van der Waals surface area contributed by atoms with Gasteiger partial charge >= 0.3 is 0 Å². The van der Waals surface area contributed by atoms with Crippen molar-refractivity contribution in [2.45, 2.75) is 17.9 Å². The van der Waals surface area contributed by atoms with E-state index in [4.69, 9.17) is 5.73 Å². The summed E-state index contributed by atoms with van der Waals surface area (Å²) in [7, 11) is 0. The molecule has 1 atom stereocenters. The van der Waals surface area contributed by atoms with Crippen LogP contribution in [0.15, 0.2) is 35.3 Å². The van der Waals surface area contributed by atoms with Crippen molar-refractivity contribution >= 4 is 17.4 Å². The Morgan fingerprint density at radius 1 is 1.53 bits per heavy atom. The minimum absolute atomic E-state index is 0.0356. The predicted octanol–water partition coefficient (Wildman–Crippen LogP) is 1.27. The standard InChI is InChI=1S/C12H15N3OS/c1-9(7-13)17-8-10-6-12(16)15-5-3-2-4-11(15)14-10/h2-6,9H,7-8,13H2,1H3. The highest BCUT2D eigenvalue weighted by molar-refractivity contribution is 7.99. The number of pyridine rings is 1. The number of fused-ring (bicyclic) bond motifs is 1. The van der Waals surface area contributed by atoms with Gasteiger partial charge in [-0.15, -0.1) is 0 Å². The van der Waals surface area contributed by atoms with Crippen molar-refractivity contribution in [3.63, 3.8) is 0 Å². The Kier molecular flexibility index (Phi) is 3.81. The van der Waals surface area contributed by atoms with E-state index in [1.165, 1.54) is 0 Å². The van der Waals surface area contributed by atoms with Crippen LogP contribution in [0.2, 0.25) is 0 Å². The number of rotatable bonds is 4. The van der Waals surface area contributed by atoms with Crippen LogP contribution >= 0.6 is 11.8 Å². The zero-order valence-electron chi connectivity index (χ0n) is 9.67. The van der Waals surface area contributed by atoms with Crippen LogP contribution in [0.3, 0.4) is 0 Å². The molecule has 0 saturated heterocycles. The minimum Gasteiger partial charge on any atom is -0.329 e. The van der Waals surface area contributed by atoms with Crippen molar-refractivity contribution < 1.29 is 0 Å². The van der Waals surface area contributed by atoms with Gasteiger partial charge in [0.1, 0.15) is 5.65 Å². The van der Waals surface area contributed by atoms with Crippen molar-refractivity contribution in [3.05, 3.63) is 46.5 Å². The molecule has 0 aliphatic rings. The third-order valence-electron chi connectivity index (χ3n) is 2.47. The number of nitrogens with two attached hydrogens (primary N) is 1. The average molecular weight is 249 g/mol. The quantitative estimate of drug-likeness (QED) is 0.886. The van der Waals surface area contributed by atoms with E-state index in [1.54, 1.807) is 28.4 Å². The van der Waals surface area contributed by atoms with Gasteiger partial charge in [-0.1, -0.05) is 13.0 Å². The van der Waals surface area contributed by atoms with E-state index in [9.17, 15) is 4.79 Å². The van der Waals surface area contributed by atoms with Gasteiger partial charge in [-0.05, 0) is 12.1 Å². The Bertz CT molecular complexity index is 567. The normalized spacial score (nSPS) is 12.8. The zero-order valence-corrected chi connectivity index (χ0v) is 10.5. The Balaban J connectivity index is 2.28. The first-order valence-electron chi connectivity index (χ1n) is 5.49. The number of thioether (sulfide) groups is 1. The Morgan fingerprint density at radius 2 is 2.35 bits per heavy atom. The van der Waals surface area contributed by atoms with Crippen LogP contribution in [0, 0.1) is 0 Å². The van der Waals surface area contributed by atoms with Crippen LogP contribution < -0.4 is 11.3 Å². The van der Waals surface area contributed by atoms with Crippen molar-refractivity contribution in [2.75, 3.05) is 6.54 Å². The molecule has 5 heteroatoms. The second-order valence-corrected chi connectivity index (χ2v) is 5.30. The van der Waals surface area contributed by atoms with E-state index in [1.807, 2.05) is 18.2 Å². The van der Waals surface area contributed by atoms with Crippen LogP contribution in [0.1, 0.15) is 12.6 Å². The van der Waals surface area contributed by atoms with E-state index in [-0.39, 0.29) is 5.56 Å². The van der Waals surface area contributed by atoms with Crippen molar-refractivity contribution in [1.29, 1.82) is 0 Å². The molecule has 2 aromatic rings. The third kappa shape index (κ3) is 2.87. The molecule has 2 heterocycles. The smallest absolute Gasteiger partial charge is 0.258 e. The van der Waals surface area contributed by atoms with Gasteiger partial charge in [0.15, 0.2) is 0 Å². The number of hydrogen-bond donors (Lipinski definition) is 1. The fraction of sp³-hybridized carbons (Fsp3) is 0.333. The lowest BCUT2D eigenvalue weighted by molar-refractivity contribution is 0.946. The summed E-state index contributed by atoms with van der Waals surface area (Å²) in [6.07, 6.45) is 1.73. The maximum absolute atomic E-state index is 11.8. The molecule has 0 aliphatic carbocycles. The van der Waals surface area contributed by atoms with Crippen LogP contribution in [-0.4, -0.2) is 21.2 Å². The molecule has 17 heavy (non-hydrogen) atoms. The van der Waals surface area contributed by atoms with Gasteiger partial charge in [-0.3, -0.25) is 9.20 Å². The van der Waals surface area contributed by atoms with Gasteiger partial charge in [0.05, 0.1) is 5.69 Å². The molecule has 0 saturated carbocycles. The van der Waals surface area contributed by atoms with Crippen LogP contribution in [-0.2, 0) is 5.75 Å². The average Bonchev–Trinajstić information content (AvgIpc) is 2.36. The van der Waals surface area contributed by atoms with E-state index < -0.39 is 0 Å². The van der Waals surface area contributed by atoms with Gasteiger partial charge in [-0.25, -0.2) is 4.98 Å². The molecular weight excluding hydrogens is 234 g/mol.